The summed E-state index contributed by atoms with van der Waals surface area (Å²) in [5.74, 6) is -1.33. The third-order valence-corrected chi connectivity index (χ3v) is 6.03. The van der Waals surface area contributed by atoms with Gasteiger partial charge in [-0.25, -0.2) is 4.79 Å². The first-order valence-electron chi connectivity index (χ1n) is 10.8. The fourth-order valence-corrected chi connectivity index (χ4v) is 4.05. The summed E-state index contributed by atoms with van der Waals surface area (Å²) in [4.78, 5) is 51.2. The van der Waals surface area contributed by atoms with Gasteiger partial charge in [0.1, 0.15) is 0 Å². The summed E-state index contributed by atoms with van der Waals surface area (Å²) in [5.41, 5.74) is 0.654. The number of unbranched alkanes of at least 4 members (excludes halogenated alkanes) is 1. The molecule has 3 unspecified atom stereocenters. The Labute approximate surface area is 177 Å². The van der Waals surface area contributed by atoms with E-state index in [1.807, 2.05) is 6.92 Å². The van der Waals surface area contributed by atoms with Crippen molar-refractivity contribution >= 4 is 23.7 Å². The monoisotopic (exact) mass is 414 g/mol. The lowest BCUT2D eigenvalue weighted by molar-refractivity contribution is -0.130. The molecule has 0 spiro atoms. The molecule has 1 heterocycles. The Balaban J connectivity index is 1.64. The third-order valence-electron chi connectivity index (χ3n) is 6.03. The van der Waals surface area contributed by atoms with Crippen molar-refractivity contribution in [2.75, 3.05) is 6.54 Å². The molecule has 1 fully saturated rings. The van der Waals surface area contributed by atoms with Crippen LogP contribution in [0.25, 0.3) is 0 Å². The fourth-order valence-electron chi connectivity index (χ4n) is 4.05. The number of ether oxygens (including phenoxy) is 1. The van der Waals surface area contributed by atoms with E-state index in [0.29, 0.717) is 18.0 Å². The zero-order valence-electron chi connectivity index (χ0n) is 17.9. The average molecular weight is 415 g/mol. The zero-order valence-corrected chi connectivity index (χ0v) is 17.9. The van der Waals surface area contributed by atoms with Crippen LogP contribution in [0.4, 0.5) is 0 Å². The molecule has 0 radical (unpaired) electrons. The van der Waals surface area contributed by atoms with Crippen molar-refractivity contribution in [3.05, 3.63) is 34.9 Å². The van der Waals surface area contributed by atoms with Gasteiger partial charge in [-0.3, -0.25) is 19.3 Å². The molecule has 3 rings (SSSR count). The molecule has 1 N–H and O–H groups in total. The Hall–Kier alpha value is -2.70. The van der Waals surface area contributed by atoms with Crippen LogP contribution in [0, 0.1) is 5.92 Å². The molecule has 3 amide bonds. The molecule has 1 aliphatic heterocycles. The largest absolute Gasteiger partial charge is 0.449 e. The molecule has 1 aromatic rings. The molecule has 0 aromatic heterocycles. The predicted octanol–water partition coefficient (Wildman–Crippen LogP) is 3.32. The standard InChI is InChI=1S/C23H30N2O5/c1-4-5-12-25-21(27)17-11-10-16(13-18(17)22(25)28)23(29)30-15(3)20(26)24-19-9-7-6-8-14(19)2/h10-11,13-15,19H,4-9,12H2,1-3H3,(H,24,26). The van der Waals surface area contributed by atoms with Crippen molar-refractivity contribution in [2.24, 2.45) is 5.92 Å². The minimum atomic E-state index is -0.946. The number of hydrogen-bond acceptors (Lipinski definition) is 5. The van der Waals surface area contributed by atoms with Crippen molar-refractivity contribution in [3.8, 4) is 0 Å². The summed E-state index contributed by atoms with van der Waals surface area (Å²) in [6.45, 7) is 6.00. The lowest BCUT2D eigenvalue weighted by Crippen LogP contribution is -2.46. The van der Waals surface area contributed by atoms with Gasteiger partial charge >= 0.3 is 5.97 Å². The van der Waals surface area contributed by atoms with Crippen LogP contribution in [0.2, 0.25) is 0 Å². The Kier molecular flexibility index (Phi) is 6.90. The lowest BCUT2D eigenvalue weighted by atomic mass is 9.86. The molecule has 1 aromatic carbocycles. The molecule has 3 atom stereocenters. The second-order valence-corrected chi connectivity index (χ2v) is 8.30. The third kappa shape index (κ3) is 4.55. The smallest absolute Gasteiger partial charge is 0.338 e. The summed E-state index contributed by atoms with van der Waals surface area (Å²) < 4.78 is 5.33. The van der Waals surface area contributed by atoms with E-state index in [1.54, 1.807) is 0 Å². The number of carbonyl (C=O) groups is 4. The second kappa shape index (κ2) is 9.41. The molecule has 0 bridgehead atoms. The summed E-state index contributed by atoms with van der Waals surface area (Å²) in [5, 5.41) is 2.98. The van der Waals surface area contributed by atoms with Crippen LogP contribution in [0.5, 0.6) is 0 Å². The SMILES string of the molecule is CCCCN1C(=O)c2ccc(C(=O)OC(C)C(=O)NC3CCCCC3C)cc2C1=O. The van der Waals surface area contributed by atoms with Gasteiger partial charge in [0.25, 0.3) is 17.7 Å². The minimum absolute atomic E-state index is 0.102. The fraction of sp³-hybridized carbons (Fsp3) is 0.565. The van der Waals surface area contributed by atoms with E-state index >= 15 is 0 Å². The van der Waals surface area contributed by atoms with Gasteiger partial charge in [-0.05, 0) is 50.3 Å². The van der Waals surface area contributed by atoms with Gasteiger partial charge < -0.3 is 10.1 Å². The summed E-state index contributed by atoms with van der Waals surface area (Å²) in [7, 11) is 0. The van der Waals surface area contributed by atoms with Gasteiger partial charge in [0.05, 0.1) is 16.7 Å². The number of amides is 3. The summed E-state index contributed by atoms with van der Waals surface area (Å²) in [6, 6.07) is 4.43. The molecule has 0 saturated heterocycles. The van der Waals surface area contributed by atoms with E-state index in [4.69, 9.17) is 4.74 Å². The number of fused-ring (bicyclic) bond motifs is 1. The van der Waals surface area contributed by atoms with E-state index in [2.05, 4.69) is 12.2 Å². The highest BCUT2D eigenvalue weighted by Crippen LogP contribution is 2.26. The minimum Gasteiger partial charge on any atom is -0.449 e. The van der Waals surface area contributed by atoms with Crippen LogP contribution in [0.15, 0.2) is 18.2 Å². The van der Waals surface area contributed by atoms with Crippen LogP contribution >= 0.6 is 0 Å². The number of rotatable bonds is 7. The number of nitrogens with zero attached hydrogens (tertiary/aromatic N) is 1. The van der Waals surface area contributed by atoms with Crippen LogP contribution in [-0.2, 0) is 9.53 Å². The molecule has 1 saturated carbocycles. The van der Waals surface area contributed by atoms with Crippen LogP contribution in [0.3, 0.4) is 0 Å². The first-order chi connectivity index (χ1) is 14.3. The molecular formula is C23H30N2O5. The molecular weight excluding hydrogens is 384 g/mol. The van der Waals surface area contributed by atoms with E-state index in [1.165, 1.54) is 36.4 Å². The summed E-state index contributed by atoms with van der Waals surface area (Å²) in [6.07, 6.45) is 4.92. The normalized spacial score (nSPS) is 21.9. The maximum atomic E-state index is 12.6. The van der Waals surface area contributed by atoms with Gasteiger partial charge in [0.15, 0.2) is 6.10 Å². The first-order valence-corrected chi connectivity index (χ1v) is 10.8. The Morgan fingerprint density at radius 2 is 1.87 bits per heavy atom. The quantitative estimate of drug-likeness (QED) is 0.546. The highest BCUT2D eigenvalue weighted by Gasteiger charge is 2.36. The lowest BCUT2D eigenvalue weighted by Gasteiger charge is -2.30. The molecule has 7 heteroatoms. The maximum Gasteiger partial charge on any atom is 0.338 e. The number of hydrogen-bond donors (Lipinski definition) is 1. The Morgan fingerprint density at radius 1 is 1.17 bits per heavy atom. The van der Waals surface area contributed by atoms with Crippen molar-refractivity contribution in [2.45, 2.75) is 71.4 Å². The van der Waals surface area contributed by atoms with Gasteiger partial charge in [-0.2, -0.15) is 0 Å². The Morgan fingerprint density at radius 3 is 2.57 bits per heavy atom. The number of carbonyl (C=O) groups excluding carboxylic acids is 4. The topological polar surface area (TPSA) is 92.8 Å². The van der Waals surface area contributed by atoms with Gasteiger partial charge in [-0.1, -0.05) is 33.1 Å². The molecule has 30 heavy (non-hydrogen) atoms. The Bertz CT molecular complexity index is 850. The van der Waals surface area contributed by atoms with Crippen molar-refractivity contribution in [3.63, 3.8) is 0 Å². The van der Waals surface area contributed by atoms with Crippen LogP contribution in [0.1, 0.15) is 90.4 Å². The molecule has 1 aliphatic carbocycles. The van der Waals surface area contributed by atoms with E-state index in [-0.39, 0.29) is 29.0 Å². The van der Waals surface area contributed by atoms with Crippen LogP contribution < -0.4 is 5.32 Å². The van der Waals surface area contributed by atoms with E-state index in [0.717, 1.165) is 32.1 Å². The second-order valence-electron chi connectivity index (χ2n) is 8.30. The highest BCUT2D eigenvalue weighted by atomic mass is 16.5. The molecule has 2 aliphatic rings. The van der Waals surface area contributed by atoms with Crippen molar-refractivity contribution in [1.82, 2.24) is 10.2 Å². The van der Waals surface area contributed by atoms with Gasteiger partial charge in [0, 0.05) is 12.6 Å². The predicted molar refractivity (Wildman–Crippen MR) is 111 cm³/mol. The zero-order chi connectivity index (χ0) is 21.8. The number of imide groups is 1. The number of nitrogens with one attached hydrogen (secondary N) is 1. The van der Waals surface area contributed by atoms with E-state index < -0.39 is 18.0 Å². The summed E-state index contributed by atoms with van der Waals surface area (Å²) >= 11 is 0. The van der Waals surface area contributed by atoms with E-state index in [9.17, 15) is 19.2 Å². The number of esters is 1. The van der Waals surface area contributed by atoms with Crippen molar-refractivity contribution in [1.29, 1.82) is 0 Å². The molecule has 7 nitrogen and oxygen atoms in total. The van der Waals surface area contributed by atoms with Gasteiger partial charge in [-0.15, -0.1) is 0 Å². The van der Waals surface area contributed by atoms with Crippen molar-refractivity contribution < 1.29 is 23.9 Å². The first kappa shape index (κ1) is 22.0. The average Bonchev–Trinajstić information content (AvgIpc) is 2.97. The van der Waals surface area contributed by atoms with Crippen LogP contribution in [-0.4, -0.2) is 47.3 Å². The van der Waals surface area contributed by atoms with Gasteiger partial charge in [0.2, 0.25) is 0 Å². The molecule has 162 valence electrons. The highest BCUT2D eigenvalue weighted by molar-refractivity contribution is 6.22. The number of benzene rings is 1. The maximum absolute atomic E-state index is 12.6.